The minimum Gasteiger partial charge on any atom is -0.343 e. The second-order valence-corrected chi connectivity index (χ2v) is 6.26. The highest BCUT2D eigenvalue weighted by Crippen LogP contribution is 2.12. The molecule has 0 aliphatic rings. The largest absolute Gasteiger partial charge is 0.343 e. The first-order chi connectivity index (χ1) is 10.3. The first-order valence-corrected chi connectivity index (χ1v) is 9.54. The fraction of sp³-hybridized carbons (Fsp3) is 0.947. The van der Waals surface area contributed by atoms with Gasteiger partial charge in [-0.2, -0.15) is 0 Å². The van der Waals surface area contributed by atoms with Gasteiger partial charge in [0.05, 0.1) is 0 Å². The minimum absolute atomic E-state index is 0.357. The van der Waals surface area contributed by atoms with Crippen molar-refractivity contribution in [3.8, 4) is 0 Å². The van der Waals surface area contributed by atoms with Crippen LogP contribution in [0.2, 0.25) is 0 Å². The van der Waals surface area contributed by atoms with Gasteiger partial charge < -0.3 is 4.90 Å². The molecule has 0 aromatic rings. The zero-order valence-corrected chi connectivity index (χ0v) is 15.0. The highest BCUT2D eigenvalue weighted by Gasteiger charge is 2.09. The van der Waals surface area contributed by atoms with E-state index in [2.05, 4.69) is 20.8 Å². The number of rotatable bonds is 15. The highest BCUT2D eigenvalue weighted by atomic mass is 16.2. The maximum Gasteiger partial charge on any atom is 0.222 e. The van der Waals surface area contributed by atoms with Crippen LogP contribution in [0.25, 0.3) is 0 Å². The molecular formula is C19H39NO. The summed E-state index contributed by atoms with van der Waals surface area (Å²) in [6.07, 6.45) is 16.6. The minimum atomic E-state index is 0.357. The molecule has 21 heavy (non-hydrogen) atoms. The van der Waals surface area contributed by atoms with Crippen LogP contribution in [0.3, 0.4) is 0 Å². The molecule has 2 nitrogen and oxygen atoms in total. The molecule has 0 radical (unpaired) electrons. The standard InChI is InChI=1S/C19H39NO/c1-4-7-8-9-10-11-12-13-14-15-16-17-19(21)20(6-3)18-5-2/h4-18H2,1-3H3. The summed E-state index contributed by atoms with van der Waals surface area (Å²) in [6.45, 7) is 8.27. The van der Waals surface area contributed by atoms with Gasteiger partial charge in [0.15, 0.2) is 0 Å². The lowest BCUT2D eigenvalue weighted by Gasteiger charge is -2.19. The second-order valence-electron chi connectivity index (χ2n) is 6.26. The van der Waals surface area contributed by atoms with Crippen LogP contribution in [-0.4, -0.2) is 23.9 Å². The predicted octanol–water partition coefficient (Wildman–Crippen LogP) is 5.95. The summed E-state index contributed by atoms with van der Waals surface area (Å²) < 4.78 is 0. The third-order valence-corrected chi connectivity index (χ3v) is 4.22. The van der Waals surface area contributed by atoms with Gasteiger partial charge in [0.1, 0.15) is 0 Å². The van der Waals surface area contributed by atoms with Crippen LogP contribution >= 0.6 is 0 Å². The molecule has 2 heteroatoms. The van der Waals surface area contributed by atoms with Gasteiger partial charge in [0.25, 0.3) is 0 Å². The number of hydrogen-bond donors (Lipinski definition) is 0. The summed E-state index contributed by atoms with van der Waals surface area (Å²) in [6, 6.07) is 0. The molecule has 0 aromatic heterocycles. The zero-order chi connectivity index (χ0) is 15.8. The summed E-state index contributed by atoms with van der Waals surface area (Å²) in [5, 5.41) is 0. The van der Waals surface area contributed by atoms with Gasteiger partial charge in [-0.3, -0.25) is 4.79 Å². The Morgan fingerprint density at radius 3 is 1.57 bits per heavy atom. The van der Waals surface area contributed by atoms with Crippen molar-refractivity contribution in [2.24, 2.45) is 0 Å². The lowest BCUT2D eigenvalue weighted by atomic mass is 10.1. The maximum absolute atomic E-state index is 12.0. The molecule has 0 N–H and O–H groups in total. The number of unbranched alkanes of at least 4 members (excludes halogenated alkanes) is 10. The van der Waals surface area contributed by atoms with Crippen molar-refractivity contribution < 1.29 is 4.79 Å². The van der Waals surface area contributed by atoms with Crippen molar-refractivity contribution in [1.82, 2.24) is 4.90 Å². The molecule has 0 heterocycles. The highest BCUT2D eigenvalue weighted by molar-refractivity contribution is 5.76. The summed E-state index contributed by atoms with van der Waals surface area (Å²) in [4.78, 5) is 13.9. The van der Waals surface area contributed by atoms with Gasteiger partial charge in [-0.05, 0) is 19.8 Å². The van der Waals surface area contributed by atoms with Crippen LogP contribution in [0.5, 0.6) is 0 Å². The molecule has 0 aliphatic heterocycles. The van der Waals surface area contributed by atoms with Gasteiger partial charge in [-0.15, -0.1) is 0 Å². The van der Waals surface area contributed by atoms with Gasteiger partial charge in [0, 0.05) is 19.5 Å². The molecule has 0 spiro atoms. The van der Waals surface area contributed by atoms with Crippen LogP contribution in [0.4, 0.5) is 0 Å². The van der Waals surface area contributed by atoms with Crippen molar-refractivity contribution in [2.45, 2.75) is 104 Å². The van der Waals surface area contributed by atoms with Crippen molar-refractivity contribution in [3.63, 3.8) is 0 Å². The van der Waals surface area contributed by atoms with Crippen LogP contribution in [0.15, 0.2) is 0 Å². The Hall–Kier alpha value is -0.530. The second kappa shape index (κ2) is 15.9. The Morgan fingerprint density at radius 1 is 0.667 bits per heavy atom. The molecule has 126 valence electrons. The maximum atomic E-state index is 12.0. The molecule has 0 fully saturated rings. The number of carbonyl (C=O) groups is 1. The fourth-order valence-corrected chi connectivity index (χ4v) is 2.83. The fourth-order valence-electron chi connectivity index (χ4n) is 2.83. The van der Waals surface area contributed by atoms with E-state index in [9.17, 15) is 4.79 Å². The molecular weight excluding hydrogens is 258 g/mol. The van der Waals surface area contributed by atoms with E-state index in [0.29, 0.717) is 5.91 Å². The van der Waals surface area contributed by atoms with E-state index in [-0.39, 0.29) is 0 Å². The van der Waals surface area contributed by atoms with Gasteiger partial charge in [-0.1, -0.05) is 78.1 Å². The zero-order valence-electron chi connectivity index (χ0n) is 15.0. The van der Waals surface area contributed by atoms with Gasteiger partial charge in [0.2, 0.25) is 5.91 Å². The van der Waals surface area contributed by atoms with Crippen LogP contribution in [-0.2, 0) is 4.79 Å². The molecule has 0 saturated heterocycles. The van der Waals surface area contributed by atoms with Crippen molar-refractivity contribution in [3.05, 3.63) is 0 Å². The van der Waals surface area contributed by atoms with Crippen LogP contribution < -0.4 is 0 Å². The van der Waals surface area contributed by atoms with Gasteiger partial charge in [-0.25, -0.2) is 0 Å². The van der Waals surface area contributed by atoms with E-state index in [1.807, 2.05) is 4.90 Å². The Balaban J connectivity index is 3.30. The van der Waals surface area contributed by atoms with Crippen molar-refractivity contribution >= 4 is 5.91 Å². The summed E-state index contributed by atoms with van der Waals surface area (Å²) in [7, 11) is 0. The summed E-state index contributed by atoms with van der Waals surface area (Å²) >= 11 is 0. The number of carbonyl (C=O) groups excluding carboxylic acids is 1. The molecule has 0 saturated carbocycles. The molecule has 0 bridgehead atoms. The Kier molecular flexibility index (Phi) is 15.5. The lowest BCUT2D eigenvalue weighted by molar-refractivity contribution is -0.131. The van der Waals surface area contributed by atoms with Crippen LogP contribution in [0.1, 0.15) is 104 Å². The van der Waals surface area contributed by atoms with E-state index in [0.717, 1.165) is 32.4 Å². The molecule has 1 amide bonds. The normalized spacial score (nSPS) is 10.8. The Morgan fingerprint density at radius 2 is 1.14 bits per heavy atom. The summed E-state index contributed by atoms with van der Waals surface area (Å²) in [5.74, 6) is 0.357. The number of nitrogens with zero attached hydrogens (tertiary/aromatic N) is 1. The Labute approximate surface area is 133 Å². The molecule has 0 rings (SSSR count). The summed E-state index contributed by atoms with van der Waals surface area (Å²) in [5.41, 5.74) is 0. The van der Waals surface area contributed by atoms with E-state index in [1.165, 1.54) is 64.2 Å². The monoisotopic (exact) mass is 297 g/mol. The quantitative estimate of drug-likeness (QED) is 0.342. The number of hydrogen-bond acceptors (Lipinski definition) is 1. The average Bonchev–Trinajstić information content (AvgIpc) is 2.50. The molecule has 0 aromatic carbocycles. The average molecular weight is 298 g/mol. The first kappa shape index (κ1) is 20.5. The molecule has 0 atom stereocenters. The Bertz CT molecular complexity index is 228. The number of amides is 1. The van der Waals surface area contributed by atoms with E-state index >= 15 is 0 Å². The van der Waals surface area contributed by atoms with Gasteiger partial charge >= 0.3 is 0 Å². The topological polar surface area (TPSA) is 20.3 Å². The van der Waals surface area contributed by atoms with E-state index < -0.39 is 0 Å². The van der Waals surface area contributed by atoms with Crippen LogP contribution in [0, 0.1) is 0 Å². The third-order valence-electron chi connectivity index (χ3n) is 4.22. The van der Waals surface area contributed by atoms with E-state index in [4.69, 9.17) is 0 Å². The predicted molar refractivity (Wildman–Crippen MR) is 93.6 cm³/mol. The first-order valence-electron chi connectivity index (χ1n) is 9.54. The third kappa shape index (κ3) is 12.9. The molecule has 0 unspecified atom stereocenters. The van der Waals surface area contributed by atoms with Crippen molar-refractivity contribution in [2.75, 3.05) is 13.1 Å². The smallest absolute Gasteiger partial charge is 0.222 e. The SMILES string of the molecule is CCCCCCCCCCCCCC(=O)N(CC)CCC. The van der Waals surface area contributed by atoms with E-state index in [1.54, 1.807) is 0 Å². The lowest BCUT2D eigenvalue weighted by Crippen LogP contribution is -2.31. The molecule has 0 aliphatic carbocycles. The van der Waals surface area contributed by atoms with Crippen molar-refractivity contribution in [1.29, 1.82) is 0 Å².